The van der Waals surface area contributed by atoms with Crippen LogP contribution in [0.15, 0.2) is 30.3 Å². The van der Waals surface area contributed by atoms with Crippen molar-refractivity contribution in [1.29, 1.82) is 0 Å². The number of thioether (sulfide) groups is 2. The normalized spacial score (nSPS) is 24.1. The second-order valence-corrected chi connectivity index (χ2v) is 12.8. The number of rotatable bonds is 18. The number of benzene rings is 1. The molecular weight excluding hydrogens is 474 g/mol. The lowest BCUT2D eigenvalue weighted by Crippen LogP contribution is -2.29. The van der Waals surface area contributed by atoms with E-state index >= 15 is 0 Å². The third-order valence-corrected chi connectivity index (χ3v) is 10.4. The Morgan fingerprint density at radius 3 is 2.54 bits per heavy atom. The summed E-state index contributed by atoms with van der Waals surface area (Å²) in [5.74, 6) is 4.89. The van der Waals surface area contributed by atoms with Crippen LogP contribution < -0.4 is 0 Å². The lowest BCUT2D eigenvalue weighted by atomic mass is 9.78. The molecule has 5 unspecified atom stereocenters. The van der Waals surface area contributed by atoms with E-state index in [0.717, 1.165) is 46.3 Å². The number of carbonyl (C=O) groups is 1. The van der Waals surface area contributed by atoms with Gasteiger partial charge in [-0.1, -0.05) is 57.0 Å². The third-order valence-electron chi connectivity index (χ3n) is 7.64. The molecule has 2 saturated heterocycles. The maximum absolute atomic E-state index is 12.2. The highest BCUT2D eigenvalue weighted by Crippen LogP contribution is 2.47. The zero-order chi connectivity index (χ0) is 24.9. The molecule has 0 aliphatic carbocycles. The van der Waals surface area contributed by atoms with Gasteiger partial charge >= 0.3 is 0 Å². The van der Waals surface area contributed by atoms with E-state index in [-0.39, 0.29) is 12.5 Å². The van der Waals surface area contributed by atoms with Crippen LogP contribution in [0.2, 0.25) is 0 Å². The van der Waals surface area contributed by atoms with E-state index in [0.29, 0.717) is 18.6 Å². The molecule has 6 heteroatoms. The molecule has 0 saturated carbocycles. The van der Waals surface area contributed by atoms with E-state index in [1.165, 1.54) is 62.9 Å². The molecule has 2 fully saturated rings. The van der Waals surface area contributed by atoms with Gasteiger partial charge in [0.2, 0.25) is 5.91 Å². The van der Waals surface area contributed by atoms with Crippen molar-refractivity contribution >= 4 is 29.4 Å². The minimum atomic E-state index is -0.182. The molecule has 5 atom stereocenters. The lowest BCUT2D eigenvalue weighted by molar-refractivity contribution is -0.168. The number of ether oxygens (including phenoxy) is 1. The highest BCUT2D eigenvalue weighted by atomic mass is 32.2. The first kappa shape index (κ1) is 28.9. The van der Waals surface area contributed by atoms with Gasteiger partial charge in [0.05, 0.1) is 18.8 Å². The van der Waals surface area contributed by atoms with Crippen molar-refractivity contribution in [3.63, 3.8) is 0 Å². The topological polar surface area (TPSA) is 49.8 Å². The van der Waals surface area contributed by atoms with Crippen molar-refractivity contribution in [3.05, 3.63) is 35.9 Å². The van der Waals surface area contributed by atoms with E-state index in [1.54, 1.807) is 0 Å². The number of unbranched alkanes of at least 4 members (excludes halogenated alkanes) is 2. The van der Waals surface area contributed by atoms with Gasteiger partial charge in [0, 0.05) is 11.7 Å². The molecule has 1 amide bonds. The van der Waals surface area contributed by atoms with Crippen molar-refractivity contribution in [2.24, 2.45) is 11.8 Å². The molecule has 0 radical (unpaired) electrons. The number of hydrogen-bond acceptors (Lipinski definition) is 5. The standard InChI is InChI=1S/C29H47NO3S2/c1-3-12-24(4-2)35-20-11-8-15-25-26(28-18-17-27(25)33-28)22-34-19-10-9-16-29(31)30(32)21-23-13-6-5-7-14-23/h5-7,13-14,24-28,32H,3-4,8-12,15-22H2,1-2H3. The van der Waals surface area contributed by atoms with Gasteiger partial charge in [-0.05, 0) is 86.0 Å². The Bertz CT molecular complexity index is 719. The summed E-state index contributed by atoms with van der Waals surface area (Å²) in [4.78, 5) is 12.2. The van der Waals surface area contributed by atoms with E-state index in [4.69, 9.17) is 4.74 Å². The van der Waals surface area contributed by atoms with Gasteiger partial charge in [-0.15, -0.1) is 0 Å². The van der Waals surface area contributed by atoms with Crippen LogP contribution in [-0.2, 0) is 16.1 Å². The van der Waals surface area contributed by atoms with Crippen LogP contribution in [-0.4, -0.2) is 50.9 Å². The minimum absolute atomic E-state index is 0.182. The van der Waals surface area contributed by atoms with Gasteiger partial charge in [0.1, 0.15) is 0 Å². The van der Waals surface area contributed by atoms with Crippen molar-refractivity contribution in [2.45, 2.75) is 108 Å². The fourth-order valence-electron chi connectivity index (χ4n) is 5.63. The minimum Gasteiger partial charge on any atom is -0.374 e. The highest BCUT2D eigenvalue weighted by molar-refractivity contribution is 7.99. The molecule has 0 aromatic heterocycles. The number of hydrogen-bond donors (Lipinski definition) is 1. The van der Waals surface area contributed by atoms with Crippen LogP contribution in [0.3, 0.4) is 0 Å². The van der Waals surface area contributed by atoms with Crippen molar-refractivity contribution in [1.82, 2.24) is 5.06 Å². The molecular formula is C29H47NO3S2. The molecule has 2 heterocycles. The summed E-state index contributed by atoms with van der Waals surface area (Å²) >= 11 is 4.23. The third kappa shape index (κ3) is 9.60. The Kier molecular flexibility index (Phi) is 13.4. The molecule has 1 N–H and O–H groups in total. The predicted molar refractivity (Wildman–Crippen MR) is 150 cm³/mol. The van der Waals surface area contributed by atoms with Gasteiger partial charge in [-0.2, -0.15) is 23.5 Å². The second kappa shape index (κ2) is 16.2. The molecule has 2 bridgehead atoms. The monoisotopic (exact) mass is 521 g/mol. The summed E-state index contributed by atoms with van der Waals surface area (Å²) in [6.07, 6.45) is 13.8. The average Bonchev–Trinajstić information content (AvgIpc) is 3.48. The molecule has 0 spiro atoms. The quantitative estimate of drug-likeness (QED) is 0.123. The summed E-state index contributed by atoms with van der Waals surface area (Å²) in [6, 6.07) is 9.63. The SMILES string of the molecule is CCCC(CC)SCCCCC1C2CCC(O2)C1CSCCCCC(=O)N(O)Cc1ccccc1. The summed E-state index contributed by atoms with van der Waals surface area (Å²) in [5, 5.41) is 11.8. The van der Waals surface area contributed by atoms with Crippen LogP contribution in [0, 0.1) is 11.8 Å². The van der Waals surface area contributed by atoms with E-state index in [2.05, 4.69) is 25.6 Å². The molecule has 198 valence electrons. The van der Waals surface area contributed by atoms with E-state index < -0.39 is 0 Å². The van der Waals surface area contributed by atoms with Crippen LogP contribution in [0.1, 0.15) is 90.0 Å². The first-order valence-corrected chi connectivity index (χ1v) is 16.2. The van der Waals surface area contributed by atoms with Gasteiger partial charge in [0.15, 0.2) is 0 Å². The number of nitrogens with zero attached hydrogens (tertiary/aromatic N) is 1. The molecule has 2 aliphatic rings. The van der Waals surface area contributed by atoms with Crippen LogP contribution in [0.5, 0.6) is 0 Å². The Hall–Kier alpha value is -0.690. The lowest BCUT2D eigenvalue weighted by Gasteiger charge is -2.28. The maximum atomic E-state index is 12.2. The molecule has 3 rings (SSSR count). The van der Waals surface area contributed by atoms with Crippen LogP contribution in [0.4, 0.5) is 0 Å². The van der Waals surface area contributed by atoms with Gasteiger partial charge in [0.25, 0.3) is 0 Å². The Morgan fingerprint density at radius 2 is 1.80 bits per heavy atom. The molecule has 1 aromatic rings. The number of carbonyl (C=O) groups excluding carboxylic acids is 1. The van der Waals surface area contributed by atoms with Gasteiger partial charge in [-0.3, -0.25) is 10.0 Å². The summed E-state index contributed by atoms with van der Waals surface area (Å²) in [5.41, 5.74) is 0.946. The maximum Gasteiger partial charge on any atom is 0.246 e. The number of amides is 1. The zero-order valence-electron chi connectivity index (χ0n) is 21.9. The van der Waals surface area contributed by atoms with Crippen molar-refractivity contribution < 1.29 is 14.7 Å². The zero-order valence-corrected chi connectivity index (χ0v) is 23.5. The fraction of sp³-hybridized carbons (Fsp3) is 0.759. The molecule has 4 nitrogen and oxygen atoms in total. The highest BCUT2D eigenvalue weighted by Gasteiger charge is 2.47. The summed E-state index contributed by atoms with van der Waals surface area (Å²) in [7, 11) is 0. The smallest absolute Gasteiger partial charge is 0.246 e. The largest absolute Gasteiger partial charge is 0.374 e. The molecule has 35 heavy (non-hydrogen) atoms. The second-order valence-electron chi connectivity index (χ2n) is 10.3. The van der Waals surface area contributed by atoms with Crippen LogP contribution in [0.25, 0.3) is 0 Å². The van der Waals surface area contributed by atoms with Gasteiger partial charge < -0.3 is 4.74 Å². The number of hydroxylamine groups is 2. The van der Waals surface area contributed by atoms with Crippen molar-refractivity contribution in [3.8, 4) is 0 Å². The fourth-order valence-corrected chi connectivity index (χ4v) is 8.29. The summed E-state index contributed by atoms with van der Waals surface area (Å²) < 4.78 is 6.33. The predicted octanol–water partition coefficient (Wildman–Crippen LogP) is 7.58. The Labute approximate surface area is 222 Å². The Balaban J connectivity index is 1.26. The van der Waals surface area contributed by atoms with E-state index in [9.17, 15) is 10.0 Å². The van der Waals surface area contributed by atoms with Crippen molar-refractivity contribution in [2.75, 3.05) is 17.3 Å². The number of fused-ring (bicyclic) bond motifs is 2. The Morgan fingerprint density at radius 1 is 1.06 bits per heavy atom. The first-order valence-electron chi connectivity index (χ1n) is 14.0. The molecule has 2 aliphatic heterocycles. The summed E-state index contributed by atoms with van der Waals surface area (Å²) in [6.45, 7) is 4.88. The average molecular weight is 522 g/mol. The van der Waals surface area contributed by atoms with Gasteiger partial charge in [-0.25, -0.2) is 5.06 Å². The molecule has 1 aromatic carbocycles. The van der Waals surface area contributed by atoms with E-state index in [1.807, 2.05) is 42.1 Å². The first-order chi connectivity index (χ1) is 17.1. The van der Waals surface area contributed by atoms with Crippen LogP contribution >= 0.6 is 23.5 Å².